The summed E-state index contributed by atoms with van der Waals surface area (Å²) in [5.74, 6) is -0.489. The summed E-state index contributed by atoms with van der Waals surface area (Å²) in [5.41, 5.74) is 2.76. The number of rotatable bonds is 5. The van der Waals surface area contributed by atoms with Crippen molar-refractivity contribution in [2.24, 2.45) is 5.14 Å². The fourth-order valence-corrected chi connectivity index (χ4v) is 4.04. The predicted octanol–water partition coefficient (Wildman–Crippen LogP) is 3.16. The number of hydrogen-bond acceptors (Lipinski definition) is 5. The van der Waals surface area contributed by atoms with Crippen molar-refractivity contribution in [3.63, 3.8) is 0 Å². The SMILES string of the molecule is Cc1nc(-c2ccccc2)sc1C(=O)Nc1ccc(CS(N)(=O)=O)cc1. The zero-order chi connectivity index (χ0) is 18.7. The fraction of sp³-hybridized carbons (Fsp3) is 0.111. The van der Waals surface area contributed by atoms with Gasteiger partial charge in [0.15, 0.2) is 0 Å². The van der Waals surface area contributed by atoms with E-state index in [9.17, 15) is 13.2 Å². The molecule has 3 rings (SSSR count). The Labute approximate surface area is 155 Å². The van der Waals surface area contributed by atoms with Gasteiger partial charge in [0.1, 0.15) is 9.88 Å². The fourth-order valence-electron chi connectivity index (χ4n) is 2.42. The number of aromatic nitrogens is 1. The summed E-state index contributed by atoms with van der Waals surface area (Å²) < 4.78 is 22.2. The van der Waals surface area contributed by atoms with Crippen LogP contribution in [-0.2, 0) is 15.8 Å². The number of thiazole rings is 1. The number of nitrogens with one attached hydrogen (secondary N) is 1. The lowest BCUT2D eigenvalue weighted by molar-refractivity contribution is 0.103. The summed E-state index contributed by atoms with van der Waals surface area (Å²) in [6.45, 7) is 1.80. The van der Waals surface area contributed by atoms with Crippen LogP contribution in [0.5, 0.6) is 0 Å². The van der Waals surface area contributed by atoms with Crippen LogP contribution < -0.4 is 10.5 Å². The van der Waals surface area contributed by atoms with E-state index in [0.717, 1.165) is 10.6 Å². The third-order valence-corrected chi connectivity index (χ3v) is 5.54. The van der Waals surface area contributed by atoms with E-state index in [2.05, 4.69) is 10.3 Å². The molecule has 0 atom stereocenters. The van der Waals surface area contributed by atoms with Crippen LogP contribution in [0.4, 0.5) is 5.69 Å². The summed E-state index contributed by atoms with van der Waals surface area (Å²) in [6.07, 6.45) is 0. The number of anilines is 1. The number of nitrogens with two attached hydrogens (primary N) is 1. The van der Waals surface area contributed by atoms with E-state index >= 15 is 0 Å². The van der Waals surface area contributed by atoms with Crippen LogP contribution in [-0.4, -0.2) is 19.3 Å². The highest BCUT2D eigenvalue weighted by Crippen LogP contribution is 2.28. The van der Waals surface area contributed by atoms with Gasteiger partial charge in [-0.05, 0) is 24.6 Å². The highest BCUT2D eigenvalue weighted by atomic mass is 32.2. The van der Waals surface area contributed by atoms with Crippen molar-refractivity contribution in [1.29, 1.82) is 0 Å². The van der Waals surface area contributed by atoms with Crippen LogP contribution in [0.2, 0.25) is 0 Å². The molecule has 0 radical (unpaired) electrons. The van der Waals surface area contributed by atoms with Gasteiger partial charge in [-0.1, -0.05) is 42.5 Å². The Balaban J connectivity index is 1.75. The molecule has 1 aromatic heterocycles. The van der Waals surface area contributed by atoms with E-state index in [0.29, 0.717) is 21.8 Å². The van der Waals surface area contributed by atoms with Gasteiger partial charge in [0.2, 0.25) is 10.0 Å². The quantitative estimate of drug-likeness (QED) is 0.702. The highest BCUT2D eigenvalue weighted by Gasteiger charge is 2.16. The molecular formula is C18H17N3O3S2. The van der Waals surface area contributed by atoms with Crippen LogP contribution in [0, 0.1) is 6.92 Å². The predicted molar refractivity (Wildman–Crippen MR) is 103 cm³/mol. The second-order valence-corrected chi connectivity index (χ2v) is 8.37. The first-order valence-corrected chi connectivity index (χ1v) is 10.3. The number of hydrogen-bond donors (Lipinski definition) is 2. The van der Waals surface area contributed by atoms with Crippen molar-refractivity contribution in [1.82, 2.24) is 4.98 Å². The first-order valence-electron chi connectivity index (χ1n) is 7.75. The van der Waals surface area contributed by atoms with E-state index in [4.69, 9.17) is 5.14 Å². The maximum Gasteiger partial charge on any atom is 0.267 e. The topological polar surface area (TPSA) is 102 Å². The second-order valence-electron chi connectivity index (χ2n) is 5.76. The molecule has 0 aliphatic heterocycles. The van der Waals surface area contributed by atoms with Crippen molar-refractivity contribution in [3.05, 3.63) is 70.7 Å². The number of carbonyl (C=O) groups excluding carboxylic acids is 1. The van der Waals surface area contributed by atoms with Crippen LogP contribution in [0.3, 0.4) is 0 Å². The maximum absolute atomic E-state index is 12.5. The Kier molecular flexibility index (Phi) is 5.17. The molecule has 0 aliphatic rings. The van der Waals surface area contributed by atoms with Gasteiger partial charge >= 0.3 is 0 Å². The molecule has 26 heavy (non-hydrogen) atoms. The number of benzene rings is 2. The maximum atomic E-state index is 12.5. The third kappa shape index (κ3) is 4.54. The molecule has 1 amide bonds. The van der Waals surface area contributed by atoms with Crippen LogP contribution in [0.1, 0.15) is 20.9 Å². The standard InChI is InChI=1S/C18H17N3O3S2/c1-12-16(25-18(20-12)14-5-3-2-4-6-14)17(22)21-15-9-7-13(8-10-15)11-26(19,23)24/h2-10H,11H2,1H3,(H,21,22)(H2,19,23,24). The Hall–Kier alpha value is -2.55. The lowest BCUT2D eigenvalue weighted by Gasteiger charge is -2.05. The minimum atomic E-state index is -3.58. The van der Waals surface area contributed by atoms with Crippen molar-refractivity contribution >= 4 is 33.0 Å². The number of carbonyl (C=O) groups is 1. The molecule has 0 bridgehead atoms. The number of sulfonamides is 1. The smallest absolute Gasteiger partial charge is 0.267 e. The molecule has 2 aromatic carbocycles. The van der Waals surface area contributed by atoms with Crippen LogP contribution in [0.25, 0.3) is 10.6 Å². The summed E-state index contributed by atoms with van der Waals surface area (Å²) in [4.78, 5) is 17.6. The molecule has 0 spiro atoms. The van der Waals surface area contributed by atoms with Gasteiger partial charge in [0.25, 0.3) is 5.91 Å². The summed E-state index contributed by atoms with van der Waals surface area (Å²) in [6, 6.07) is 16.2. The van der Waals surface area contributed by atoms with Gasteiger partial charge in [-0.25, -0.2) is 18.5 Å². The van der Waals surface area contributed by atoms with E-state index in [1.165, 1.54) is 11.3 Å². The number of nitrogens with zero attached hydrogens (tertiary/aromatic N) is 1. The molecule has 0 unspecified atom stereocenters. The molecule has 0 fully saturated rings. The normalized spacial score (nSPS) is 11.3. The molecule has 1 heterocycles. The summed E-state index contributed by atoms with van der Waals surface area (Å²) in [7, 11) is -3.58. The van der Waals surface area contributed by atoms with Crippen molar-refractivity contribution in [2.75, 3.05) is 5.32 Å². The Morgan fingerprint density at radius 2 is 1.77 bits per heavy atom. The molecule has 0 saturated carbocycles. The van der Waals surface area contributed by atoms with Gasteiger partial charge in [-0.2, -0.15) is 0 Å². The molecular weight excluding hydrogens is 370 g/mol. The number of primary sulfonamides is 1. The monoisotopic (exact) mass is 387 g/mol. The van der Waals surface area contributed by atoms with Crippen molar-refractivity contribution in [2.45, 2.75) is 12.7 Å². The van der Waals surface area contributed by atoms with Gasteiger partial charge in [0, 0.05) is 11.3 Å². The summed E-state index contributed by atoms with van der Waals surface area (Å²) in [5, 5.41) is 8.62. The van der Waals surface area contributed by atoms with Gasteiger partial charge in [0.05, 0.1) is 11.4 Å². The van der Waals surface area contributed by atoms with E-state index in [1.807, 2.05) is 30.3 Å². The molecule has 134 valence electrons. The Morgan fingerprint density at radius 3 is 2.38 bits per heavy atom. The molecule has 3 aromatic rings. The van der Waals surface area contributed by atoms with Crippen LogP contribution >= 0.6 is 11.3 Å². The summed E-state index contributed by atoms with van der Waals surface area (Å²) >= 11 is 1.33. The number of amides is 1. The van der Waals surface area contributed by atoms with E-state index < -0.39 is 10.0 Å². The highest BCUT2D eigenvalue weighted by molar-refractivity contribution is 7.88. The van der Waals surface area contributed by atoms with E-state index in [1.54, 1.807) is 31.2 Å². The first-order chi connectivity index (χ1) is 12.3. The van der Waals surface area contributed by atoms with E-state index in [-0.39, 0.29) is 11.7 Å². The van der Waals surface area contributed by atoms with Crippen LogP contribution in [0.15, 0.2) is 54.6 Å². The lowest BCUT2D eigenvalue weighted by atomic mass is 10.2. The van der Waals surface area contributed by atoms with Gasteiger partial charge in [-0.15, -0.1) is 11.3 Å². The molecule has 0 saturated heterocycles. The van der Waals surface area contributed by atoms with Gasteiger partial charge in [-0.3, -0.25) is 4.79 Å². The molecule has 3 N–H and O–H groups in total. The second kappa shape index (κ2) is 7.36. The molecule has 6 nitrogen and oxygen atoms in total. The minimum Gasteiger partial charge on any atom is -0.321 e. The Morgan fingerprint density at radius 1 is 1.12 bits per heavy atom. The van der Waals surface area contributed by atoms with Gasteiger partial charge < -0.3 is 5.32 Å². The third-order valence-electron chi connectivity index (χ3n) is 3.60. The van der Waals surface area contributed by atoms with Crippen molar-refractivity contribution < 1.29 is 13.2 Å². The Bertz CT molecular complexity index is 1030. The molecule has 8 heteroatoms. The minimum absolute atomic E-state index is 0.240. The van der Waals surface area contributed by atoms with Crippen molar-refractivity contribution in [3.8, 4) is 10.6 Å². The number of aryl methyl sites for hydroxylation is 1. The average molecular weight is 387 g/mol. The zero-order valence-corrected chi connectivity index (χ0v) is 15.6. The largest absolute Gasteiger partial charge is 0.321 e. The lowest BCUT2D eigenvalue weighted by Crippen LogP contribution is -2.14. The molecule has 0 aliphatic carbocycles. The average Bonchev–Trinajstić information content (AvgIpc) is 2.98. The zero-order valence-electron chi connectivity index (χ0n) is 14.0. The first kappa shape index (κ1) is 18.2.